The second kappa shape index (κ2) is 13.2. The van der Waals surface area contributed by atoms with Crippen molar-refractivity contribution < 1.29 is 19.4 Å². The number of benzene rings is 1. The molecule has 1 saturated heterocycles. The molecule has 0 aliphatic carbocycles. The van der Waals surface area contributed by atoms with Crippen LogP contribution < -0.4 is 5.32 Å². The Morgan fingerprint density at radius 3 is 2.50 bits per heavy atom. The number of nitrogens with one attached hydrogen (secondary N) is 1. The standard InChI is InChI=1S/C27H41N3O2S.CH2O2/c1-8-19-13-21(26(2,3)4)17-30(16-19)18-22-15-28-24(33-22)23-12-10-9-11-20(23)14-29-25(31)32-27(5,6)7;2-1-3/h9-12,15,19,21H,8,13-14,16-18H2,1-7H3,(H,29,31);1H,(H,2,3). The van der Waals surface area contributed by atoms with Crippen molar-refractivity contribution in [1.29, 1.82) is 0 Å². The zero-order valence-corrected chi connectivity index (χ0v) is 23.7. The van der Waals surface area contributed by atoms with Crippen LogP contribution in [0.4, 0.5) is 4.79 Å². The summed E-state index contributed by atoms with van der Waals surface area (Å²) in [5.74, 6) is 1.50. The minimum atomic E-state index is -0.509. The van der Waals surface area contributed by atoms with E-state index in [1.54, 1.807) is 11.3 Å². The van der Waals surface area contributed by atoms with E-state index in [4.69, 9.17) is 19.6 Å². The van der Waals surface area contributed by atoms with Gasteiger partial charge >= 0.3 is 6.09 Å². The molecule has 1 aliphatic rings. The number of carboxylic acid groups (broad SMARTS) is 1. The maximum atomic E-state index is 12.1. The van der Waals surface area contributed by atoms with Crippen molar-refractivity contribution in [1.82, 2.24) is 15.2 Å². The molecular formula is C28H43N3O4S. The summed E-state index contributed by atoms with van der Waals surface area (Å²) in [5.41, 5.74) is 1.94. The largest absolute Gasteiger partial charge is 0.483 e. The van der Waals surface area contributed by atoms with Crippen LogP contribution in [0.25, 0.3) is 10.6 Å². The van der Waals surface area contributed by atoms with Crippen LogP contribution in [0.3, 0.4) is 0 Å². The summed E-state index contributed by atoms with van der Waals surface area (Å²) in [6.45, 7) is 18.5. The van der Waals surface area contributed by atoms with E-state index in [9.17, 15) is 4.79 Å². The molecule has 0 bridgehead atoms. The lowest BCUT2D eigenvalue weighted by molar-refractivity contribution is -0.122. The number of aromatic nitrogens is 1. The van der Waals surface area contributed by atoms with E-state index >= 15 is 0 Å². The third kappa shape index (κ3) is 9.54. The number of carbonyl (C=O) groups is 2. The molecule has 1 aliphatic heterocycles. The van der Waals surface area contributed by atoms with Gasteiger partial charge in [0.25, 0.3) is 6.47 Å². The van der Waals surface area contributed by atoms with Crippen molar-refractivity contribution in [2.75, 3.05) is 13.1 Å². The van der Waals surface area contributed by atoms with Crippen LogP contribution in [0.1, 0.15) is 71.7 Å². The lowest BCUT2D eigenvalue weighted by atomic mass is 9.73. The van der Waals surface area contributed by atoms with Gasteiger partial charge in [0.15, 0.2) is 0 Å². The second-order valence-electron chi connectivity index (χ2n) is 11.5. The molecule has 36 heavy (non-hydrogen) atoms. The SMILES string of the molecule is CCC1CC(C(C)(C)C)CN(Cc2cnc(-c3ccccc3CNC(=O)OC(C)(C)C)s2)C1.O=CO. The zero-order valence-electron chi connectivity index (χ0n) is 22.8. The van der Waals surface area contributed by atoms with E-state index in [0.717, 1.165) is 41.1 Å². The van der Waals surface area contributed by atoms with E-state index in [-0.39, 0.29) is 6.47 Å². The zero-order chi connectivity index (χ0) is 26.9. The number of rotatable bonds is 6. The Hall–Kier alpha value is -2.45. The first-order valence-corrected chi connectivity index (χ1v) is 13.5. The van der Waals surface area contributed by atoms with Gasteiger partial charge in [0.1, 0.15) is 10.6 Å². The molecule has 200 valence electrons. The minimum absolute atomic E-state index is 0.250. The highest BCUT2D eigenvalue weighted by Crippen LogP contribution is 2.37. The predicted octanol–water partition coefficient (Wildman–Crippen LogP) is 6.43. The number of hydrogen-bond acceptors (Lipinski definition) is 6. The lowest BCUT2D eigenvalue weighted by Crippen LogP contribution is -2.44. The van der Waals surface area contributed by atoms with Crippen molar-refractivity contribution >= 4 is 23.9 Å². The van der Waals surface area contributed by atoms with E-state index in [1.165, 1.54) is 24.3 Å². The molecule has 8 heteroatoms. The number of amides is 1. The summed E-state index contributed by atoms with van der Waals surface area (Å²) in [4.78, 5) is 29.1. The predicted molar refractivity (Wildman–Crippen MR) is 146 cm³/mol. The summed E-state index contributed by atoms with van der Waals surface area (Å²) < 4.78 is 5.38. The van der Waals surface area contributed by atoms with Gasteiger partial charge in [0.2, 0.25) is 0 Å². The maximum absolute atomic E-state index is 12.1. The van der Waals surface area contributed by atoms with Crippen molar-refractivity contribution in [2.45, 2.75) is 80.0 Å². The number of carbonyl (C=O) groups excluding carboxylic acids is 1. The summed E-state index contributed by atoms with van der Waals surface area (Å²) in [7, 11) is 0. The molecule has 1 aromatic carbocycles. The monoisotopic (exact) mass is 517 g/mol. The molecule has 1 amide bonds. The normalized spacial score (nSPS) is 18.6. The van der Waals surface area contributed by atoms with Crippen LogP contribution in [-0.4, -0.2) is 46.2 Å². The Morgan fingerprint density at radius 1 is 1.22 bits per heavy atom. The highest BCUT2D eigenvalue weighted by atomic mass is 32.1. The fourth-order valence-electron chi connectivity index (χ4n) is 4.45. The Bertz CT molecular complexity index is 978. The second-order valence-corrected chi connectivity index (χ2v) is 12.6. The third-order valence-corrected chi connectivity index (χ3v) is 7.43. The number of nitrogens with zero attached hydrogens (tertiary/aromatic N) is 2. The van der Waals surface area contributed by atoms with Crippen molar-refractivity contribution in [3.05, 3.63) is 40.9 Å². The Balaban J connectivity index is 0.00000145. The first-order chi connectivity index (χ1) is 16.9. The lowest BCUT2D eigenvalue weighted by Gasteiger charge is -2.43. The molecule has 2 heterocycles. The van der Waals surface area contributed by atoms with Crippen molar-refractivity contribution in [2.24, 2.45) is 17.3 Å². The van der Waals surface area contributed by atoms with Gasteiger partial charge < -0.3 is 15.2 Å². The number of piperidine rings is 1. The number of likely N-dealkylation sites (tertiary alicyclic amines) is 1. The van der Waals surface area contributed by atoms with Crippen LogP contribution in [0, 0.1) is 17.3 Å². The number of hydrogen-bond donors (Lipinski definition) is 2. The maximum Gasteiger partial charge on any atom is 0.407 e. The highest BCUT2D eigenvalue weighted by molar-refractivity contribution is 7.15. The molecule has 2 N–H and O–H groups in total. The molecule has 7 nitrogen and oxygen atoms in total. The quantitative estimate of drug-likeness (QED) is 0.429. The molecule has 1 fully saturated rings. The summed E-state index contributed by atoms with van der Waals surface area (Å²) in [5, 5.41) is 10.8. The van der Waals surface area contributed by atoms with Gasteiger partial charge in [-0.3, -0.25) is 9.69 Å². The summed E-state index contributed by atoms with van der Waals surface area (Å²) in [6, 6.07) is 8.14. The molecule has 2 unspecified atom stereocenters. The number of thiazole rings is 1. The molecule has 3 rings (SSSR count). The van der Waals surface area contributed by atoms with Crippen molar-refractivity contribution in [3.63, 3.8) is 0 Å². The fraction of sp³-hybridized carbons (Fsp3) is 0.607. The number of ether oxygens (including phenoxy) is 1. The smallest absolute Gasteiger partial charge is 0.407 e. The van der Waals surface area contributed by atoms with Gasteiger partial charge in [0.05, 0.1) is 0 Å². The molecule has 2 atom stereocenters. The van der Waals surface area contributed by atoms with Gasteiger partial charge in [0, 0.05) is 42.8 Å². The van der Waals surface area contributed by atoms with Gasteiger partial charge in [-0.05, 0) is 50.0 Å². The minimum Gasteiger partial charge on any atom is -0.483 e. The summed E-state index contributed by atoms with van der Waals surface area (Å²) >= 11 is 1.76. The fourth-order valence-corrected chi connectivity index (χ4v) is 5.46. The van der Waals surface area contributed by atoms with Crippen LogP contribution >= 0.6 is 11.3 Å². The van der Waals surface area contributed by atoms with Gasteiger partial charge in [-0.15, -0.1) is 11.3 Å². The first-order valence-electron chi connectivity index (χ1n) is 12.7. The van der Waals surface area contributed by atoms with Gasteiger partial charge in [-0.25, -0.2) is 9.78 Å². The van der Waals surface area contributed by atoms with Crippen molar-refractivity contribution in [3.8, 4) is 10.6 Å². The van der Waals surface area contributed by atoms with E-state index < -0.39 is 11.7 Å². The van der Waals surface area contributed by atoms with Gasteiger partial charge in [-0.2, -0.15) is 0 Å². The average Bonchev–Trinajstić information content (AvgIpc) is 3.24. The topological polar surface area (TPSA) is 91.8 Å². The highest BCUT2D eigenvalue weighted by Gasteiger charge is 2.33. The van der Waals surface area contributed by atoms with E-state index in [1.807, 2.05) is 45.2 Å². The molecule has 0 radical (unpaired) electrons. The molecule has 1 aromatic heterocycles. The molecular weight excluding hydrogens is 474 g/mol. The number of alkyl carbamates (subject to hydrolysis) is 1. The van der Waals surface area contributed by atoms with Gasteiger partial charge in [-0.1, -0.05) is 58.4 Å². The van der Waals surface area contributed by atoms with Crippen LogP contribution in [-0.2, 0) is 22.6 Å². The molecule has 0 saturated carbocycles. The molecule has 2 aromatic rings. The average molecular weight is 518 g/mol. The van der Waals surface area contributed by atoms with Crippen LogP contribution in [0.5, 0.6) is 0 Å². The Morgan fingerprint density at radius 2 is 1.89 bits per heavy atom. The third-order valence-electron chi connectivity index (χ3n) is 6.42. The molecule has 0 spiro atoms. The van der Waals surface area contributed by atoms with E-state index in [2.05, 4.69) is 44.0 Å². The first kappa shape index (κ1) is 29.8. The Labute approximate surface area is 220 Å². The van der Waals surface area contributed by atoms with E-state index in [0.29, 0.717) is 12.0 Å². The van der Waals surface area contributed by atoms with Crippen LogP contribution in [0.15, 0.2) is 30.5 Å². The Kier molecular flexibility index (Phi) is 10.9. The summed E-state index contributed by atoms with van der Waals surface area (Å²) in [6.07, 6.45) is 4.21. The van der Waals surface area contributed by atoms with Crippen LogP contribution in [0.2, 0.25) is 0 Å².